The van der Waals surface area contributed by atoms with E-state index in [9.17, 15) is 13.2 Å². The Morgan fingerprint density at radius 2 is 2.00 bits per heavy atom. The molecule has 1 aliphatic heterocycles. The molecule has 0 radical (unpaired) electrons. The van der Waals surface area contributed by atoms with Gasteiger partial charge in [-0.1, -0.05) is 18.2 Å². The molecule has 1 aromatic carbocycles. The number of nitrogens with one attached hydrogen (secondary N) is 1. The smallest absolute Gasteiger partial charge is 0.313 e. The molecule has 5 heteroatoms. The van der Waals surface area contributed by atoms with Gasteiger partial charge >= 0.3 is 6.18 Å². The minimum absolute atomic E-state index is 0.216. The minimum atomic E-state index is -4.29. The fraction of sp³-hybridized carbons (Fsp3) is 0.625. The van der Waals surface area contributed by atoms with Gasteiger partial charge in [-0.3, -0.25) is 4.90 Å². The third-order valence-corrected chi connectivity index (χ3v) is 4.04. The summed E-state index contributed by atoms with van der Waals surface area (Å²) in [7, 11) is 0. The zero-order chi connectivity index (χ0) is 15.5. The molecule has 1 unspecified atom stereocenters. The number of benzene rings is 1. The number of halogens is 3. The Hall–Kier alpha value is -1.07. The van der Waals surface area contributed by atoms with E-state index in [4.69, 9.17) is 0 Å². The van der Waals surface area contributed by atoms with Crippen LogP contribution >= 0.6 is 0 Å². The second-order valence-corrected chi connectivity index (χ2v) is 5.97. The van der Waals surface area contributed by atoms with Gasteiger partial charge in [0.1, 0.15) is 0 Å². The monoisotopic (exact) mass is 300 g/mol. The molecule has 0 amide bonds. The van der Waals surface area contributed by atoms with Crippen molar-refractivity contribution in [1.29, 1.82) is 0 Å². The van der Waals surface area contributed by atoms with E-state index in [-0.39, 0.29) is 6.04 Å². The molecular weight excluding hydrogens is 277 g/mol. The van der Waals surface area contributed by atoms with Crippen molar-refractivity contribution in [1.82, 2.24) is 10.2 Å². The Bertz CT molecular complexity index is 451. The van der Waals surface area contributed by atoms with Crippen LogP contribution < -0.4 is 5.32 Å². The van der Waals surface area contributed by atoms with Gasteiger partial charge in [0.05, 0.1) is 5.56 Å². The van der Waals surface area contributed by atoms with E-state index in [1.807, 2.05) is 13.8 Å². The highest BCUT2D eigenvalue weighted by Crippen LogP contribution is 2.32. The number of hydrogen-bond donors (Lipinski definition) is 1. The zero-order valence-corrected chi connectivity index (χ0v) is 12.6. The number of hydrogen-bond acceptors (Lipinski definition) is 2. The van der Waals surface area contributed by atoms with Crippen molar-refractivity contribution < 1.29 is 13.2 Å². The van der Waals surface area contributed by atoms with Crippen molar-refractivity contribution in [3.05, 3.63) is 35.4 Å². The molecule has 21 heavy (non-hydrogen) atoms. The average Bonchev–Trinajstić information content (AvgIpc) is 2.90. The Kier molecular flexibility index (Phi) is 5.27. The van der Waals surface area contributed by atoms with E-state index >= 15 is 0 Å². The first-order valence-electron chi connectivity index (χ1n) is 7.50. The zero-order valence-electron chi connectivity index (χ0n) is 12.6. The Morgan fingerprint density at radius 3 is 2.57 bits per heavy atom. The van der Waals surface area contributed by atoms with Gasteiger partial charge in [-0.2, -0.15) is 13.2 Å². The number of nitrogens with zero attached hydrogens (tertiary/aromatic N) is 1. The van der Waals surface area contributed by atoms with Crippen LogP contribution in [0.5, 0.6) is 0 Å². The summed E-state index contributed by atoms with van der Waals surface area (Å²) in [6, 6.07) is 6.49. The van der Waals surface area contributed by atoms with Crippen molar-refractivity contribution in [3.8, 4) is 0 Å². The second-order valence-electron chi connectivity index (χ2n) is 5.97. The average molecular weight is 300 g/mol. The van der Waals surface area contributed by atoms with Gasteiger partial charge < -0.3 is 5.32 Å². The van der Waals surface area contributed by atoms with E-state index < -0.39 is 11.7 Å². The van der Waals surface area contributed by atoms with Crippen LogP contribution in [0.25, 0.3) is 0 Å². The molecule has 118 valence electrons. The van der Waals surface area contributed by atoms with E-state index in [1.54, 1.807) is 12.1 Å². The molecule has 0 bridgehead atoms. The highest BCUT2D eigenvalue weighted by molar-refractivity contribution is 5.29. The predicted molar refractivity (Wildman–Crippen MR) is 78.0 cm³/mol. The first-order valence-corrected chi connectivity index (χ1v) is 7.50. The highest BCUT2D eigenvalue weighted by atomic mass is 19.4. The van der Waals surface area contributed by atoms with Gasteiger partial charge in [0.2, 0.25) is 0 Å². The van der Waals surface area contributed by atoms with Gasteiger partial charge in [-0.05, 0) is 44.9 Å². The van der Waals surface area contributed by atoms with E-state index in [0.717, 1.165) is 25.9 Å². The molecule has 0 aromatic heterocycles. The lowest BCUT2D eigenvalue weighted by molar-refractivity contribution is -0.138. The van der Waals surface area contributed by atoms with Crippen molar-refractivity contribution in [2.75, 3.05) is 13.1 Å². The largest absolute Gasteiger partial charge is 0.416 e. The molecule has 1 fully saturated rings. The molecule has 1 heterocycles. The molecule has 1 N–H and O–H groups in total. The number of rotatable bonds is 5. The minimum Gasteiger partial charge on any atom is -0.313 e. The topological polar surface area (TPSA) is 15.3 Å². The van der Waals surface area contributed by atoms with Crippen LogP contribution in [0, 0.1) is 0 Å². The maximum atomic E-state index is 13.1. The van der Waals surface area contributed by atoms with Crippen LogP contribution in [0.4, 0.5) is 13.2 Å². The quantitative estimate of drug-likeness (QED) is 0.892. The lowest BCUT2D eigenvalue weighted by atomic mass is 10.1. The molecule has 1 saturated heterocycles. The van der Waals surface area contributed by atoms with Gasteiger partial charge in [-0.15, -0.1) is 0 Å². The van der Waals surface area contributed by atoms with Crippen LogP contribution in [0.15, 0.2) is 24.3 Å². The molecule has 0 saturated carbocycles. The SMILES string of the molecule is CC(C)N(Cc1ccccc1C(F)(F)F)CC1CCCN1. The molecular formula is C16H23F3N2. The Labute approximate surface area is 124 Å². The van der Waals surface area contributed by atoms with Crippen molar-refractivity contribution in [2.45, 2.75) is 51.5 Å². The third kappa shape index (κ3) is 4.45. The third-order valence-electron chi connectivity index (χ3n) is 4.04. The van der Waals surface area contributed by atoms with E-state index in [1.165, 1.54) is 12.1 Å². The molecule has 1 aliphatic rings. The molecule has 1 atom stereocenters. The number of alkyl halides is 3. The van der Waals surface area contributed by atoms with Crippen LogP contribution in [0.3, 0.4) is 0 Å². The first kappa shape index (κ1) is 16.3. The van der Waals surface area contributed by atoms with Crippen molar-refractivity contribution in [2.24, 2.45) is 0 Å². The Balaban J connectivity index is 2.13. The molecule has 1 aromatic rings. The van der Waals surface area contributed by atoms with Crippen LogP contribution in [0.1, 0.15) is 37.8 Å². The summed E-state index contributed by atoms with van der Waals surface area (Å²) >= 11 is 0. The molecule has 2 rings (SSSR count). The lowest BCUT2D eigenvalue weighted by Crippen LogP contribution is -2.41. The summed E-state index contributed by atoms with van der Waals surface area (Å²) in [5.74, 6) is 0. The summed E-state index contributed by atoms with van der Waals surface area (Å²) in [6.07, 6.45) is -2.04. The summed E-state index contributed by atoms with van der Waals surface area (Å²) in [5, 5.41) is 3.41. The van der Waals surface area contributed by atoms with Crippen LogP contribution in [-0.2, 0) is 12.7 Å². The van der Waals surface area contributed by atoms with Gasteiger partial charge in [-0.25, -0.2) is 0 Å². The fourth-order valence-corrected chi connectivity index (χ4v) is 2.81. The van der Waals surface area contributed by atoms with Crippen LogP contribution in [0.2, 0.25) is 0 Å². The van der Waals surface area contributed by atoms with Crippen molar-refractivity contribution in [3.63, 3.8) is 0 Å². The standard InChI is InChI=1S/C16H23F3N2/c1-12(2)21(11-14-7-5-9-20-14)10-13-6-3-4-8-15(13)16(17,18)19/h3-4,6,8,12,14,20H,5,7,9-11H2,1-2H3. The summed E-state index contributed by atoms with van der Waals surface area (Å²) in [4.78, 5) is 2.12. The van der Waals surface area contributed by atoms with Crippen molar-refractivity contribution >= 4 is 0 Å². The highest BCUT2D eigenvalue weighted by Gasteiger charge is 2.33. The summed E-state index contributed by atoms with van der Waals surface area (Å²) in [6.45, 7) is 6.21. The maximum absolute atomic E-state index is 13.1. The van der Waals surface area contributed by atoms with Crippen LogP contribution in [-0.4, -0.2) is 30.1 Å². The molecule has 0 spiro atoms. The predicted octanol–water partition coefficient (Wildman–Crippen LogP) is 3.67. The maximum Gasteiger partial charge on any atom is 0.416 e. The second kappa shape index (κ2) is 6.79. The lowest BCUT2D eigenvalue weighted by Gasteiger charge is -2.30. The van der Waals surface area contributed by atoms with Gasteiger partial charge in [0, 0.05) is 25.2 Å². The molecule has 0 aliphatic carbocycles. The normalized spacial score (nSPS) is 19.7. The molecule has 2 nitrogen and oxygen atoms in total. The fourth-order valence-electron chi connectivity index (χ4n) is 2.81. The summed E-state index contributed by atoms with van der Waals surface area (Å²) < 4.78 is 39.2. The van der Waals surface area contributed by atoms with E-state index in [0.29, 0.717) is 18.2 Å². The van der Waals surface area contributed by atoms with Gasteiger partial charge in [0.15, 0.2) is 0 Å². The van der Waals surface area contributed by atoms with E-state index in [2.05, 4.69) is 10.2 Å². The first-order chi connectivity index (χ1) is 9.88. The Morgan fingerprint density at radius 1 is 1.29 bits per heavy atom. The summed E-state index contributed by atoms with van der Waals surface area (Å²) in [5.41, 5.74) is -0.160. The van der Waals surface area contributed by atoms with Gasteiger partial charge in [0.25, 0.3) is 0 Å².